The van der Waals surface area contributed by atoms with E-state index < -0.39 is 0 Å². The average molecular weight is 241 g/mol. The van der Waals surface area contributed by atoms with Crippen LogP contribution in [0.2, 0.25) is 5.02 Å². The summed E-state index contributed by atoms with van der Waals surface area (Å²) in [5.74, 6) is 0. The zero-order valence-corrected chi connectivity index (χ0v) is 11.1. The van der Waals surface area contributed by atoms with Gasteiger partial charge in [-0.1, -0.05) is 23.7 Å². The molecule has 0 aromatic heterocycles. The van der Waals surface area contributed by atoms with Gasteiger partial charge in [0.15, 0.2) is 0 Å². The molecule has 0 saturated heterocycles. The third-order valence-corrected chi connectivity index (χ3v) is 2.85. The maximum atomic E-state index is 5.85. The fourth-order valence-corrected chi connectivity index (χ4v) is 1.71. The van der Waals surface area contributed by atoms with Gasteiger partial charge in [0.25, 0.3) is 0 Å². The summed E-state index contributed by atoms with van der Waals surface area (Å²) < 4.78 is 0. The smallest absolute Gasteiger partial charge is 0.0406 e. The quantitative estimate of drug-likeness (QED) is 0.770. The largest absolute Gasteiger partial charge is 0.310 e. The second-order valence-electron chi connectivity index (χ2n) is 4.38. The third kappa shape index (κ3) is 4.97. The highest BCUT2D eigenvalue weighted by molar-refractivity contribution is 6.30. The van der Waals surface area contributed by atoms with Crippen LogP contribution in [0, 0.1) is 0 Å². The van der Waals surface area contributed by atoms with Crippen LogP contribution in [0.4, 0.5) is 0 Å². The third-order valence-electron chi connectivity index (χ3n) is 2.60. The molecule has 1 atom stereocenters. The Morgan fingerprint density at radius 3 is 2.44 bits per heavy atom. The molecule has 0 fully saturated rings. The molecule has 2 nitrogen and oxygen atoms in total. The van der Waals surface area contributed by atoms with Gasteiger partial charge in [-0.15, -0.1) is 0 Å². The van der Waals surface area contributed by atoms with E-state index in [1.54, 1.807) is 0 Å². The summed E-state index contributed by atoms with van der Waals surface area (Å²) in [5.41, 5.74) is 1.29. The lowest BCUT2D eigenvalue weighted by Gasteiger charge is -2.15. The Morgan fingerprint density at radius 2 is 1.88 bits per heavy atom. The van der Waals surface area contributed by atoms with Gasteiger partial charge >= 0.3 is 0 Å². The highest BCUT2D eigenvalue weighted by Gasteiger charge is 2.03. The molecular formula is C13H21ClN2. The summed E-state index contributed by atoms with van der Waals surface area (Å²) in [6.45, 7) is 4.35. The van der Waals surface area contributed by atoms with Crippen molar-refractivity contribution in [2.45, 2.75) is 19.4 Å². The van der Waals surface area contributed by atoms with Crippen LogP contribution in [0.15, 0.2) is 24.3 Å². The monoisotopic (exact) mass is 240 g/mol. The van der Waals surface area contributed by atoms with Gasteiger partial charge in [-0.2, -0.15) is 0 Å². The van der Waals surface area contributed by atoms with Crippen LogP contribution in [0.25, 0.3) is 0 Å². The Kier molecular flexibility index (Phi) is 5.81. The lowest BCUT2D eigenvalue weighted by Crippen LogP contribution is -2.23. The molecule has 90 valence electrons. The Bertz CT molecular complexity index is 295. The number of nitrogens with one attached hydrogen (secondary N) is 1. The standard InChI is InChI=1S/C13H21ClN2/c1-11(15-9-4-10-16(2)3)12-5-7-13(14)8-6-12/h5-8,11,15H,4,9-10H2,1-3H3/t11-/m0/s1. The van der Waals surface area contributed by atoms with Crippen molar-refractivity contribution < 1.29 is 0 Å². The fourth-order valence-electron chi connectivity index (χ4n) is 1.58. The summed E-state index contributed by atoms with van der Waals surface area (Å²) in [5, 5.41) is 4.30. The highest BCUT2D eigenvalue weighted by Crippen LogP contribution is 2.15. The number of hydrogen-bond acceptors (Lipinski definition) is 2. The molecule has 0 saturated carbocycles. The van der Waals surface area contributed by atoms with Crippen molar-refractivity contribution in [1.82, 2.24) is 10.2 Å². The molecule has 0 radical (unpaired) electrons. The number of hydrogen-bond donors (Lipinski definition) is 1. The molecule has 0 aliphatic heterocycles. The predicted molar refractivity (Wildman–Crippen MR) is 71.0 cm³/mol. The van der Waals surface area contributed by atoms with E-state index in [-0.39, 0.29) is 0 Å². The number of rotatable bonds is 6. The van der Waals surface area contributed by atoms with Gasteiger partial charge < -0.3 is 10.2 Å². The number of nitrogens with zero attached hydrogens (tertiary/aromatic N) is 1. The lowest BCUT2D eigenvalue weighted by atomic mass is 10.1. The molecular weight excluding hydrogens is 220 g/mol. The first-order valence-corrected chi connectivity index (χ1v) is 6.11. The normalized spacial score (nSPS) is 13.1. The van der Waals surface area contributed by atoms with Crippen molar-refractivity contribution in [3.63, 3.8) is 0 Å². The SMILES string of the molecule is C[C@H](NCCCN(C)C)c1ccc(Cl)cc1. The van der Waals surface area contributed by atoms with Gasteiger partial charge in [0.1, 0.15) is 0 Å². The summed E-state index contributed by atoms with van der Waals surface area (Å²) in [6.07, 6.45) is 1.17. The van der Waals surface area contributed by atoms with E-state index in [1.165, 1.54) is 12.0 Å². The Labute approximate surface area is 104 Å². The minimum Gasteiger partial charge on any atom is -0.310 e. The van der Waals surface area contributed by atoms with Gasteiger partial charge in [0, 0.05) is 11.1 Å². The van der Waals surface area contributed by atoms with E-state index in [4.69, 9.17) is 11.6 Å². The molecule has 0 bridgehead atoms. The summed E-state index contributed by atoms with van der Waals surface area (Å²) in [6, 6.07) is 8.42. The minimum absolute atomic E-state index is 0.388. The topological polar surface area (TPSA) is 15.3 Å². The zero-order valence-electron chi connectivity index (χ0n) is 10.3. The van der Waals surface area contributed by atoms with Crippen LogP contribution >= 0.6 is 11.6 Å². The van der Waals surface area contributed by atoms with Crippen LogP contribution in [0.5, 0.6) is 0 Å². The second-order valence-corrected chi connectivity index (χ2v) is 4.82. The molecule has 1 aromatic rings. The average Bonchev–Trinajstić information content (AvgIpc) is 2.25. The minimum atomic E-state index is 0.388. The molecule has 0 spiro atoms. The summed E-state index contributed by atoms with van der Waals surface area (Å²) >= 11 is 5.85. The molecule has 0 amide bonds. The lowest BCUT2D eigenvalue weighted by molar-refractivity contribution is 0.389. The summed E-state index contributed by atoms with van der Waals surface area (Å²) in [7, 11) is 4.20. The first-order chi connectivity index (χ1) is 7.59. The molecule has 0 aliphatic carbocycles. The van der Waals surface area contributed by atoms with Crippen LogP contribution in [0.1, 0.15) is 24.9 Å². The van der Waals surface area contributed by atoms with Gasteiger partial charge in [-0.25, -0.2) is 0 Å². The van der Waals surface area contributed by atoms with E-state index in [2.05, 4.69) is 43.4 Å². The van der Waals surface area contributed by atoms with Crippen molar-refractivity contribution in [3.8, 4) is 0 Å². The Balaban J connectivity index is 2.29. The predicted octanol–water partition coefficient (Wildman–Crippen LogP) is 2.94. The summed E-state index contributed by atoms with van der Waals surface area (Å²) in [4.78, 5) is 2.20. The first kappa shape index (κ1) is 13.5. The van der Waals surface area contributed by atoms with Gasteiger partial charge in [0.2, 0.25) is 0 Å². The van der Waals surface area contributed by atoms with Crippen molar-refractivity contribution >= 4 is 11.6 Å². The molecule has 0 aliphatic rings. The molecule has 3 heteroatoms. The maximum Gasteiger partial charge on any atom is 0.0406 e. The fraction of sp³-hybridized carbons (Fsp3) is 0.538. The number of benzene rings is 1. The molecule has 1 N–H and O–H groups in total. The Morgan fingerprint density at radius 1 is 1.25 bits per heavy atom. The Hall–Kier alpha value is -0.570. The van der Waals surface area contributed by atoms with Crippen molar-refractivity contribution in [2.75, 3.05) is 27.2 Å². The van der Waals surface area contributed by atoms with E-state index in [0.717, 1.165) is 18.1 Å². The van der Waals surface area contributed by atoms with Gasteiger partial charge in [0.05, 0.1) is 0 Å². The van der Waals surface area contributed by atoms with Crippen molar-refractivity contribution in [3.05, 3.63) is 34.9 Å². The van der Waals surface area contributed by atoms with Gasteiger partial charge in [-0.05, 0) is 58.2 Å². The molecule has 0 heterocycles. The zero-order chi connectivity index (χ0) is 12.0. The molecule has 0 unspecified atom stereocenters. The van der Waals surface area contributed by atoms with Gasteiger partial charge in [-0.3, -0.25) is 0 Å². The van der Waals surface area contributed by atoms with Crippen molar-refractivity contribution in [2.24, 2.45) is 0 Å². The van der Waals surface area contributed by atoms with E-state index >= 15 is 0 Å². The van der Waals surface area contributed by atoms with Crippen LogP contribution in [-0.2, 0) is 0 Å². The molecule has 1 aromatic carbocycles. The van der Waals surface area contributed by atoms with E-state index in [1.807, 2.05) is 12.1 Å². The van der Waals surface area contributed by atoms with Crippen molar-refractivity contribution in [1.29, 1.82) is 0 Å². The van der Waals surface area contributed by atoms with E-state index in [9.17, 15) is 0 Å². The second kappa shape index (κ2) is 6.89. The number of halogens is 1. The van der Waals surface area contributed by atoms with E-state index in [0.29, 0.717) is 6.04 Å². The van der Waals surface area contributed by atoms with Crippen LogP contribution in [-0.4, -0.2) is 32.1 Å². The molecule has 16 heavy (non-hydrogen) atoms. The maximum absolute atomic E-state index is 5.85. The van der Waals surface area contributed by atoms with Crippen LogP contribution < -0.4 is 5.32 Å². The highest BCUT2D eigenvalue weighted by atomic mass is 35.5. The van der Waals surface area contributed by atoms with Crippen LogP contribution in [0.3, 0.4) is 0 Å². The first-order valence-electron chi connectivity index (χ1n) is 5.73. The molecule has 1 rings (SSSR count).